The van der Waals surface area contributed by atoms with E-state index in [1.165, 1.54) is 5.56 Å². The molecule has 1 amide bonds. The van der Waals surface area contributed by atoms with E-state index in [2.05, 4.69) is 27.8 Å². The van der Waals surface area contributed by atoms with E-state index in [0.29, 0.717) is 35.8 Å². The maximum atomic E-state index is 11.8. The van der Waals surface area contributed by atoms with Crippen LogP contribution in [0.15, 0.2) is 54.9 Å². The Labute approximate surface area is 179 Å². The summed E-state index contributed by atoms with van der Waals surface area (Å²) in [5, 5.41) is 6.94. The van der Waals surface area contributed by atoms with Crippen molar-refractivity contribution in [1.29, 1.82) is 0 Å². The molecule has 4 heterocycles. The molecule has 4 N–H and O–H groups in total. The Morgan fingerprint density at radius 3 is 2.87 bits per heavy atom. The number of amides is 1. The van der Waals surface area contributed by atoms with Crippen LogP contribution in [0, 0.1) is 0 Å². The van der Waals surface area contributed by atoms with Crippen LogP contribution in [0.25, 0.3) is 17.2 Å². The van der Waals surface area contributed by atoms with Crippen molar-refractivity contribution in [1.82, 2.24) is 24.7 Å². The Morgan fingerprint density at radius 1 is 1.16 bits per heavy atom. The van der Waals surface area contributed by atoms with Gasteiger partial charge in [-0.15, -0.1) is 0 Å². The van der Waals surface area contributed by atoms with Gasteiger partial charge in [0.25, 0.3) is 5.91 Å². The van der Waals surface area contributed by atoms with Crippen LogP contribution < -0.4 is 16.4 Å². The standard InChI is InChI=1S/C23H23N7O/c24-20(31)17-9-5-11-30-19(17)14-27-23(30)22-28-18-13-25-10-4-8-16(18)21(29-22)26-12-15-6-2-1-3-7-15/h1-3,5-7,9,11,14,25H,4,8,10,12-13H2,(H2,24,31)(H,26,28,29). The molecule has 3 aromatic heterocycles. The molecule has 8 nitrogen and oxygen atoms in total. The number of carbonyl (C=O) groups excluding carboxylic acids is 1. The van der Waals surface area contributed by atoms with Crippen molar-refractivity contribution < 1.29 is 4.79 Å². The summed E-state index contributed by atoms with van der Waals surface area (Å²) < 4.78 is 1.81. The van der Waals surface area contributed by atoms with E-state index in [4.69, 9.17) is 15.7 Å². The zero-order valence-electron chi connectivity index (χ0n) is 17.0. The first kappa shape index (κ1) is 19.2. The van der Waals surface area contributed by atoms with E-state index in [0.717, 1.165) is 36.5 Å². The first-order chi connectivity index (χ1) is 15.2. The number of benzene rings is 1. The van der Waals surface area contributed by atoms with Crippen LogP contribution in [-0.2, 0) is 19.5 Å². The minimum atomic E-state index is -0.491. The molecule has 0 radical (unpaired) electrons. The predicted molar refractivity (Wildman–Crippen MR) is 119 cm³/mol. The largest absolute Gasteiger partial charge is 0.366 e. The smallest absolute Gasteiger partial charge is 0.250 e. The van der Waals surface area contributed by atoms with Gasteiger partial charge in [0.1, 0.15) is 5.82 Å². The Balaban J connectivity index is 1.59. The molecular weight excluding hydrogens is 390 g/mol. The highest BCUT2D eigenvalue weighted by Crippen LogP contribution is 2.26. The van der Waals surface area contributed by atoms with Crippen molar-refractivity contribution in [3.05, 3.63) is 77.2 Å². The van der Waals surface area contributed by atoms with Gasteiger partial charge in [-0.3, -0.25) is 9.20 Å². The number of imidazole rings is 1. The van der Waals surface area contributed by atoms with Gasteiger partial charge in [-0.25, -0.2) is 15.0 Å². The number of nitrogens with one attached hydrogen (secondary N) is 2. The summed E-state index contributed by atoms with van der Waals surface area (Å²) >= 11 is 0. The lowest BCUT2D eigenvalue weighted by atomic mass is 10.1. The topological polar surface area (TPSA) is 110 Å². The third-order valence-corrected chi connectivity index (χ3v) is 5.50. The molecule has 0 saturated heterocycles. The van der Waals surface area contributed by atoms with E-state index >= 15 is 0 Å². The summed E-state index contributed by atoms with van der Waals surface area (Å²) in [7, 11) is 0. The number of pyridine rings is 1. The highest BCUT2D eigenvalue weighted by molar-refractivity contribution is 5.99. The van der Waals surface area contributed by atoms with Crippen LogP contribution in [0.5, 0.6) is 0 Å². The van der Waals surface area contributed by atoms with Crippen molar-refractivity contribution in [2.75, 3.05) is 11.9 Å². The molecule has 8 heteroatoms. The highest BCUT2D eigenvalue weighted by Gasteiger charge is 2.20. The van der Waals surface area contributed by atoms with Gasteiger partial charge in [-0.05, 0) is 37.1 Å². The molecule has 5 rings (SSSR count). The number of fused-ring (bicyclic) bond motifs is 2. The Kier molecular flexibility index (Phi) is 5.05. The van der Waals surface area contributed by atoms with E-state index in [1.807, 2.05) is 28.8 Å². The predicted octanol–water partition coefficient (Wildman–Crippen LogP) is 2.54. The maximum Gasteiger partial charge on any atom is 0.250 e. The van der Waals surface area contributed by atoms with Crippen LogP contribution >= 0.6 is 0 Å². The van der Waals surface area contributed by atoms with Gasteiger partial charge in [0.15, 0.2) is 11.6 Å². The number of hydrogen-bond donors (Lipinski definition) is 3. The lowest BCUT2D eigenvalue weighted by molar-refractivity contribution is 0.100. The first-order valence-electron chi connectivity index (χ1n) is 10.4. The Hall–Kier alpha value is -3.78. The van der Waals surface area contributed by atoms with Gasteiger partial charge in [0.05, 0.1) is 23.0 Å². The third kappa shape index (κ3) is 3.73. The quantitative estimate of drug-likeness (QED) is 0.464. The van der Waals surface area contributed by atoms with Gasteiger partial charge in [-0.2, -0.15) is 0 Å². The molecule has 1 aliphatic heterocycles. The van der Waals surface area contributed by atoms with Crippen LogP contribution in [0.1, 0.15) is 33.6 Å². The molecule has 0 atom stereocenters. The van der Waals surface area contributed by atoms with Crippen LogP contribution in [0.2, 0.25) is 0 Å². The third-order valence-electron chi connectivity index (χ3n) is 5.50. The van der Waals surface area contributed by atoms with Gasteiger partial charge >= 0.3 is 0 Å². The summed E-state index contributed by atoms with van der Waals surface area (Å²) in [6.07, 6.45) is 5.42. The Bertz CT molecular complexity index is 1250. The van der Waals surface area contributed by atoms with E-state index < -0.39 is 5.91 Å². The summed E-state index contributed by atoms with van der Waals surface area (Å²) in [6, 6.07) is 13.7. The second kappa shape index (κ2) is 8.16. The molecular formula is C23H23N7O. The number of anilines is 1. The molecule has 4 aromatic rings. The van der Waals surface area contributed by atoms with Crippen LogP contribution in [-0.4, -0.2) is 31.8 Å². The fraction of sp³-hybridized carbons (Fsp3) is 0.217. The summed E-state index contributed by atoms with van der Waals surface area (Å²) in [6.45, 7) is 2.30. The number of carbonyl (C=O) groups is 1. The van der Waals surface area contributed by atoms with Crippen molar-refractivity contribution in [3.63, 3.8) is 0 Å². The van der Waals surface area contributed by atoms with E-state index in [1.54, 1.807) is 18.3 Å². The summed E-state index contributed by atoms with van der Waals surface area (Å²) in [4.78, 5) is 26.0. The number of nitrogens with two attached hydrogens (primary N) is 1. The molecule has 0 unspecified atom stereocenters. The Morgan fingerprint density at radius 2 is 2.03 bits per heavy atom. The highest BCUT2D eigenvalue weighted by atomic mass is 16.1. The molecule has 31 heavy (non-hydrogen) atoms. The first-order valence-corrected chi connectivity index (χ1v) is 10.4. The minimum Gasteiger partial charge on any atom is -0.366 e. The normalized spacial score (nSPS) is 13.5. The molecule has 1 aliphatic rings. The van der Waals surface area contributed by atoms with Crippen molar-refractivity contribution in [2.45, 2.75) is 25.9 Å². The molecule has 156 valence electrons. The van der Waals surface area contributed by atoms with E-state index in [9.17, 15) is 4.79 Å². The van der Waals surface area contributed by atoms with Gasteiger partial charge < -0.3 is 16.4 Å². The maximum absolute atomic E-state index is 11.8. The fourth-order valence-electron chi connectivity index (χ4n) is 3.96. The number of nitrogens with zero attached hydrogens (tertiary/aromatic N) is 4. The summed E-state index contributed by atoms with van der Waals surface area (Å²) in [5.41, 5.74) is 9.88. The number of aromatic nitrogens is 4. The molecule has 0 bridgehead atoms. The fourth-order valence-corrected chi connectivity index (χ4v) is 3.96. The second-order valence-electron chi connectivity index (χ2n) is 7.56. The monoisotopic (exact) mass is 413 g/mol. The molecule has 1 aromatic carbocycles. The lowest BCUT2D eigenvalue weighted by Gasteiger charge is -2.15. The zero-order chi connectivity index (χ0) is 21.2. The molecule has 0 fully saturated rings. The van der Waals surface area contributed by atoms with Crippen molar-refractivity contribution in [3.8, 4) is 11.6 Å². The molecule has 0 aliphatic carbocycles. The lowest BCUT2D eigenvalue weighted by Crippen LogP contribution is -2.15. The minimum absolute atomic E-state index is 0.417. The van der Waals surface area contributed by atoms with Gasteiger partial charge in [0, 0.05) is 24.8 Å². The average Bonchev–Trinajstić information content (AvgIpc) is 3.08. The second-order valence-corrected chi connectivity index (χ2v) is 7.56. The van der Waals surface area contributed by atoms with Crippen LogP contribution in [0.4, 0.5) is 5.82 Å². The van der Waals surface area contributed by atoms with E-state index in [-0.39, 0.29) is 0 Å². The van der Waals surface area contributed by atoms with Crippen molar-refractivity contribution >= 4 is 17.2 Å². The summed E-state index contributed by atoms with van der Waals surface area (Å²) in [5.74, 6) is 1.43. The number of hydrogen-bond acceptors (Lipinski definition) is 6. The average molecular weight is 413 g/mol. The SMILES string of the molecule is NC(=O)c1cccn2c(-c3nc4c(c(NCc5ccccc5)n3)CCCNC4)ncc12. The van der Waals surface area contributed by atoms with Gasteiger partial charge in [0.2, 0.25) is 0 Å². The van der Waals surface area contributed by atoms with Crippen molar-refractivity contribution in [2.24, 2.45) is 5.73 Å². The number of rotatable bonds is 5. The zero-order valence-corrected chi connectivity index (χ0v) is 17.0. The molecule has 0 spiro atoms. The molecule has 0 saturated carbocycles. The van der Waals surface area contributed by atoms with Crippen LogP contribution in [0.3, 0.4) is 0 Å². The number of primary amides is 1. The van der Waals surface area contributed by atoms with Gasteiger partial charge in [-0.1, -0.05) is 30.3 Å².